The molecular weight excluding hydrogens is 236 g/mol. The molecule has 0 amide bonds. The van der Waals surface area contributed by atoms with E-state index in [0.29, 0.717) is 5.92 Å². The molecule has 0 spiro atoms. The maximum atomic E-state index is 4.31. The smallest absolute Gasteiger partial charge is 0.137 e. The second-order valence-corrected chi connectivity index (χ2v) is 6.47. The minimum Gasteiger partial charge on any atom is -0.303 e. The zero-order valence-electron chi connectivity index (χ0n) is 12.0. The van der Waals surface area contributed by atoms with Crippen LogP contribution in [0.15, 0.2) is 6.33 Å². The molecule has 4 heteroatoms. The molecular formula is C15H26N4. The van der Waals surface area contributed by atoms with Gasteiger partial charge in [-0.3, -0.25) is 5.10 Å². The molecule has 1 aliphatic carbocycles. The summed E-state index contributed by atoms with van der Waals surface area (Å²) in [6.45, 7) is 6.23. The number of piperidine rings is 1. The van der Waals surface area contributed by atoms with E-state index in [1.54, 1.807) is 6.33 Å². The SMILES string of the molecule is C[C@H]1CCCC[C@H]1CN1CCC(c2ncn[nH]2)CC1. The van der Waals surface area contributed by atoms with Gasteiger partial charge in [-0.25, -0.2) is 4.98 Å². The maximum absolute atomic E-state index is 4.31. The summed E-state index contributed by atoms with van der Waals surface area (Å²) in [6.07, 6.45) is 9.88. The Bertz CT molecular complexity index is 368. The van der Waals surface area contributed by atoms with Crippen molar-refractivity contribution in [3.63, 3.8) is 0 Å². The van der Waals surface area contributed by atoms with Crippen LogP contribution in [-0.4, -0.2) is 39.7 Å². The topological polar surface area (TPSA) is 44.8 Å². The highest BCUT2D eigenvalue weighted by Gasteiger charge is 2.27. The monoisotopic (exact) mass is 262 g/mol. The molecule has 1 aromatic rings. The van der Waals surface area contributed by atoms with E-state index in [1.165, 1.54) is 58.2 Å². The summed E-state index contributed by atoms with van der Waals surface area (Å²) in [5.74, 6) is 3.56. The summed E-state index contributed by atoms with van der Waals surface area (Å²) >= 11 is 0. The van der Waals surface area contributed by atoms with Crippen LogP contribution in [0.1, 0.15) is 57.2 Å². The first-order valence-electron chi connectivity index (χ1n) is 7.90. The molecule has 0 radical (unpaired) electrons. The van der Waals surface area contributed by atoms with E-state index in [9.17, 15) is 0 Å². The van der Waals surface area contributed by atoms with Gasteiger partial charge < -0.3 is 4.90 Å². The Balaban J connectivity index is 1.47. The zero-order valence-corrected chi connectivity index (χ0v) is 12.0. The van der Waals surface area contributed by atoms with Crippen molar-refractivity contribution in [2.75, 3.05) is 19.6 Å². The van der Waals surface area contributed by atoms with Crippen LogP contribution in [0.2, 0.25) is 0 Å². The van der Waals surface area contributed by atoms with Crippen LogP contribution in [-0.2, 0) is 0 Å². The van der Waals surface area contributed by atoms with Crippen molar-refractivity contribution >= 4 is 0 Å². The van der Waals surface area contributed by atoms with Crippen LogP contribution in [0.5, 0.6) is 0 Å². The lowest BCUT2D eigenvalue weighted by Gasteiger charge is -2.37. The van der Waals surface area contributed by atoms with Gasteiger partial charge in [0.2, 0.25) is 0 Å². The molecule has 2 atom stereocenters. The summed E-state index contributed by atoms with van der Waals surface area (Å²) in [5, 5.41) is 7.00. The average molecular weight is 262 g/mol. The normalized spacial score (nSPS) is 30.6. The van der Waals surface area contributed by atoms with Crippen LogP contribution >= 0.6 is 0 Å². The predicted octanol–water partition coefficient (Wildman–Crippen LogP) is 2.81. The number of H-pyrrole nitrogens is 1. The second kappa shape index (κ2) is 6.04. The largest absolute Gasteiger partial charge is 0.303 e. The fourth-order valence-electron chi connectivity index (χ4n) is 3.80. The molecule has 0 aromatic carbocycles. The van der Waals surface area contributed by atoms with Gasteiger partial charge in [0.15, 0.2) is 0 Å². The van der Waals surface area contributed by atoms with Gasteiger partial charge in [-0.1, -0.05) is 26.2 Å². The van der Waals surface area contributed by atoms with E-state index in [4.69, 9.17) is 0 Å². The molecule has 1 saturated heterocycles. The Labute approximate surface area is 116 Å². The highest BCUT2D eigenvalue weighted by atomic mass is 15.2. The van der Waals surface area contributed by atoms with Crippen molar-refractivity contribution in [1.29, 1.82) is 0 Å². The summed E-state index contributed by atoms with van der Waals surface area (Å²) in [6, 6.07) is 0. The molecule has 1 aliphatic heterocycles. The average Bonchev–Trinajstić information content (AvgIpc) is 2.96. The maximum Gasteiger partial charge on any atom is 0.137 e. The van der Waals surface area contributed by atoms with Gasteiger partial charge in [-0.2, -0.15) is 5.10 Å². The lowest BCUT2D eigenvalue weighted by atomic mass is 9.80. The number of hydrogen-bond acceptors (Lipinski definition) is 3. The number of aromatic nitrogens is 3. The van der Waals surface area contributed by atoms with Crippen molar-refractivity contribution in [1.82, 2.24) is 20.1 Å². The molecule has 2 aliphatic rings. The van der Waals surface area contributed by atoms with Crippen LogP contribution in [0.4, 0.5) is 0 Å². The molecule has 2 heterocycles. The van der Waals surface area contributed by atoms with Gasteiger partial charge in [0.25, 0.3) is 0 Å². The summed E-state index contributed by atoms with van der Waals surface area (Å²) in [4.78, 5) is 6.99. The minimum atomic E-state index is 0.600. The first-order chi connectivity index (χ1) is 9.33. The fraction of sp³-hybridized carbons (Fsp3) is 0.867. The molecule has 2 fully saturated rings. The number of rotatable bonds is 3. The van der Waals surface area contributed by atoms with Gasteiger partial charge in [0.1, 0.15) is 12.2 Å². The zero-order chi connectivity index (χ0) is 13.1. The number of nitrogens with zero attached hydrogens (tertiary/aromatic N) is 3. The third-order valence-electron chi connectivity index (χ3n) is 5.19. The van der Waals surface area contributed by atoms with E-state index in [2.05, 4.69) is 27.0 Å². The predicted molar refractivity (Wildman–Crippen MR) is 75.9 cm³/mol. The van der Waals surface area contributed by atoms with Gasteiger partial charge >= 0.3 is 0 Å². The van der Waals surface area contributed by atoms with E-state index in [-0.39, 0.29) is 0 Å². The van der Waals surface area contributed by atoms with Crippen molar-refractivity contribution in [3.05, 3.63) is 12.2 Å². The first-order valence-corrected chi connectivity index (χ1v) is 7.90. The van der Waals surface area contributed by atoms with Crippen molar-refractivity contribution in [3.8, 4) is 0 Å². The Kier molecular flexibility index (Phi) is 4.16. The Morgan fingerprint density at radius 3 is 2.68 bits per heavy atom. The molecule has 1 N–H and O–H groups in total. The van der Waals surface area contributed by atoms with Crippen molar-refractivity contribution in [2.24, 2.45) is 11.8 Å². The van der Waals surface area contributed by atoms with Gasteiger partial charge in [0, 0.05) is 12.5 Å². The van der Waals surface area contributed by atoms with Crippen LogP contribution < -0.4 is 0 Å². The second-order valence-electron chi connectivity index (χ2n) is 6.47. The fourth-order valence-corrected chi connectivity index (χ4v) is 3.80. The molecule has 1 saturated carbocycles. The first kappa shape index (κ1) is 13.1. The van der Waals surface area contributed by atoms with Crippen molar-refractivity contribution in [2.45, 2.75) is 51.4 Å². The summed E-state index contributed by atoms with van der Waals surface area (Å²) in [7, 11) is 0. The highest BCUT2D eigenvalue weighted by molar-refractivity contribution is 4.96. The standard InChI is InChI=1S/C15H26N4/c1-12-4-2-3-5-14(12)10-19-8-6-13(7-9-19)15-16-11-17-18-15/h11-14H,2-10H2,1H3,(H,16,17,18)/t12-,14-/m0/s1. The van der Waals surface area contributed by atoms with Gasteiger partial charge in [0.05, 0.1) is 0 Å². The number of likely N-dealkylation sites (tertiary alicyclic amines) is 1. The lowest BCUT2D eigenvalue weighted by Crippen LogP contribution is -2.39. The number of aromatic amines is 1. The molecule has 106 valence electrons. The highest BCUT2D eigenvalue weighted by Crippen LogP contribution is 2.32. The summed E-state index contributed by atoms with van der Waals surface area (Å²) in [5.41, 5.74) is 0. The summed E-state index contributed by atoms with van der Waals surface area (Å²) < 4.78 is 0. The quantitative estimate of drug-likeness (QED) is 0.911. The third kappa shape index (κ3) is 3.16. The third-order valence-corrected chi connectivity index (χ3v) is 5.19. The number of nitrogens with one attached hydrogen (secondary N) is 1. The molecule has 19 heavy (non-hydrogen) atoms. The van der Waals surface area contributed by atoms with E-state index >= 15 is 0 Å². The molecule has 3 rings (SSSR count). The van der Waals surface area contributed by atoms with Crippen molar-refractivity contribution < 1.29 is 0 Å². The number of hydrogen-bond donors (Lipinski definition) is 1. The lowest BCUT2D eigenvalue weighted by molar-refractivity contribution is 0.134. The Morgan fingerprint density at radius 2 is 2.00 bits per heavy atom. The molecule has 4 nitrogen and oxygen atoms in total. The molecule has 0 unspecified atom stereocenters. The van der Waals surface area contributed by atoms with Crippen LogP contribution in [0.25, 0.3) is 0 Å². The molecule has 0 bridgehead atoms. The van der Waals surface area contributed by atoms with E-state index < -0.39 is 0 Å². The van der Waals surface area contributed by atoms with E-state index in [1.807, 2.05) is 0 Å². The van der Waals surface area contributed by atoms with Crippen LogP contribution in [0, 0.1) is 11.8 Å². The Morgan fingerprint density at radius 1 is 1.21 bits per heavy atom. The molecule has 1 aromatic heterocycles. The van der Waals surface area contributed by atoms with Crippen LogP contribution in [0.3, 0.4) is 0 Å². The van der Waals surface area contributed by atoms with Gasteiger partial charge in [-0.05, 0) is 44.2 Å². The Hall–Kier alpha value is -0.900. The minimum absolute atomic E-state index is 0.600. The van der Waals surface area contributed by atoms with Gasteiger partial charge in [-0.15, -0.1) is 0 Å². The van der Waals surface area contributed by atoms with E-state index in [0.717, 1.165) is 17.7 Å².